The molecule has 0 bridgehead atoms. The third-order valence-electron chi connectivity index (χ3n) is 4.49. The first-order valence-corrected chi connectivity index (χ1v) is 8.42. The molecule has 5 aromatic rings. The first-order chi connectivity index (χ1) is 13.6. The Hall–Kier alpha value is -4.00. The highest BCUT2D eigenvalue weighted by molar-refractivity contribution is 5.86. The molecule has 0 amide bonds. The van der Waals surface area contributed by atoms with Gasteiger partial charge in [0.05, 0.1) is 10.5 Å². The largest absolute Gasteiger partial charge is 0.456 e. The summed E-state index contributed by atoms with van der Waals surface area (Å²) in [4.78, 5) is 14.7. The fourth-order valence-electron chi connectivity index (χ4n) is 3.11. The Kier molecular flexibility index (Phi) is 3.48. The van der Waals surface area contributed by atoms with E-state index in [2.05, 4.69) is 4.98 Å². The Balaban J connectivity index is 1.61. The van der Waals surface area contributed by atoms with Gasteiger partial charge in [0.2, 0.25) is 5.89 Å². The normalized spacial score (nSPS) is 11.3. The van der Waals surface area contributed by atoms with Crippen LogP contribution in [0.5, 0.6) is 0 Å². The molecule has 2 aromatic heterocycles. The summed E-state index contributed by atoms with van der Waals surface area (Å²) in [6.45, 7) is 0. The van der Waals surface area contributed by atoms with E-state index in [1.54, 1.807) is 12.1 Å². The molecule has 0 aliphatic heterocycles. The van der Waals surface area contributed by atoms with Crippen molar-refractivity contribution < 1.29 is 18.1 Å². The Morgan fingerprint density at radius 1 is 0.929 bits per heavy atom. The maximum absolute atomic E-state index is 14.2. The number of halogens is 1. The van der Waals surface area contributed by atoms with Gasteiger partial charge in [0.25, 0.3) is 5.69 Å². The minimum atomic E-state index is -0.644. The van der Waals surface area contributed by atoms with Crippen molar-refractivity contribution >= 4 is 27.8 Å². The van der Waals surface area contributed by atoms with Gasteiger partial charge in [-0.3, -0.25) is 10.1 Å². The molecule has 0 N–H and O–H groups in total. The first kappa shape index (κ1) is 16.2. The fourth-order valence-corrected chi connectivity index (χ4v) is 3.11. The van der Waals surface area contributed by atoms with Gasteiger partial charge in [-0.1, -0.05) is 18.2 Å². The number of oxazole rings is 1. The lowest BCUT2D eigenvalue weighted by molar-refractivity contribution is -0.384. The van der Waals surface area contributed by atoms with E-state index in [0.717, 1.165) is 34.7 Å². The quantitative estimate of drug-likeness (QED) is 0.288. The molecule has 5 rings (SSSR count). The van der Waals surface area contributed by atoms with Crippen LogP contribution in [0.15, 0.2) is 75.6 Å². The summed E-state index contributed by atoms with van der Waals surface area (Å²) in [6.07, 6.45) is 0. The summed E-state index contributed by atoms with van der Waals surface area (Å²) in [6, 6.07) is 18.1. The monoisotopic (exact) mass is 374 g/mol. The summed E-state index contributed by atoms with van der Waals surface area (Å²) in [7, 11) is 0. The summed E-state index contributed by atoms with van der Waals surface area (Å²) in [5, 5.41) is 11.9. The average Bonchev–Trinajstić information content (AvgIpc) is 3.31. The summed E-state index contributed by atoms with van der Waals surface area (Å²) in [5.74, 6) is 0.0156. The van der Waals surface area contributed by atoms with Crippen LogP contribution in [0.3, 0.4) is 0 Å². The molecule has 0 saturated carbocycles. The van der Waals surface area contributed by atoms with Gasteiger partial charge in [-0.2, -0.15) is 0 Å². The lowest BCUT2D eigenvalue weighted by atomic mass is 10.1. The number of para-hydroxylation sites is 1. The maximum atomic E-state index is 14.2. The Bertz CT molecular complexity index is 1340. The SMILES string of the molecule is O=[N+]([O-])c1ccc(F)c(-c2nc3cc(-c4cc5ccccc5o4)ccc3o2)c1. The van der Waals surface area contributed by atoms with Crippen LogP contribution in [-0.4, -0.2) is 9.91 Å². The number of hydrogen-bond donors (Lipinski definition) is 0. The molecular weight excluding hydrogens is 363 g/mol. The molecule has 0 atom stereocenters. The van der Waals surface area contributed by atoms with E-state index in [1.807, 2.05) is 36.4 Å². The van der Waals surface area contributed by atoms with E-state index in [0.29, 0.717) is 16.9 Å². The number of nitrogens with zero attached hydrogens (tertiary/aromatic N) is 2. The van der Waals surface area contributed by atoms with Crippen molar-refractivity contribution in [1.82, 2.24) is 4.98 Å². The molecule has 0 radical (unpaired) electrons. The molecule has 136 valence electrons. The number of aromatic nitrogens is 1. The number of benzene rings is 3. The van der Waals surface area contributed by atoms with Crippen LogP contribution in [0.25, 0.3) is 44.8 Å². The molecule has 7 heteroatoms. The maximum Gasteiger partial charge on any atom is 0.270 e. The summed E-state index contributed by atoms with van der Waals surface area (Å²) >= 11 is 0. The van der Waals surface area contributed by atoms with Crippen LogP contribution >= 0.6 is 0 Å². The molecule has 0 aliphatic carbocycles. The van der Waals surface area contributed by atoms with Crippen molar-refractivity contribution in [3.05, 3.63) is 82.7 Å². The van der Waals surface area contributed by atoms with E-state index in [9.17, 15) is 14.5 Å². The highest BCUT2D eigenvalue weighted by Crippen LogP contribution is 2.33. The zero-order valence-electron chi connectivity index (χ0n) is 14.3. The van der Waals surface area contributed by atoms with Crippen LogP contribution in [0.4, 0.5) is 10.1 Å². The smallest absolute Gasteiger partial charge is 0.270 e. The average molecular weight is 374 g/mol. The lowest BCUT2D eigenvalue weighted by Gasteiger charge is -1.97. The van der Waals surface area contributed by atoms with Gasteiger partial charge in [-0.25, -0.2) is 9.37 Å². The van der Waals surface area contributed by atoms with Crippen LogP contribution in [0.1, 0.15) is 0 Å². The van der Waals surface area contributed by atoms with Gasteiger partial charge in [-0.05, 0) is 36.4 Å². The van der Waals surface area contributed by atoms with E-state index in [-0.39, 0.29) is 17.1 Å². The standard InChI is InChI=1S/C21H11FN2O4/c22-16-7-6-14(24(25)26)11-15(16)21-23-17-9-13(5-8-19(17)28-21)20-10-12-3-1-2-4-18(12)27-20/h1-11H. The Morgan fingerprint density at radius 2 is 1.79 bits per heavy atom. The summed E-state index contributed by atoms with van der Waals surface area (Å²) in [5.41, 5.74) is 2.22. The van der Waals surface area contributed by atoms with Crippen molar-refractivity contribution in [3.8, 4) is 22.8 Å². The number of hydrogen-bond acceptors (Lipinski definition) is 5. The number of nitro benzene ring substituents is 1. The zero-order valence-corrected chi connectivity index (χ0v) is 14.3. The van der Waals surface area contributed by atoms with Gasteiger partial charge in [0, 0.05) is 23.1 Å². The molecule has 3 aromatic carbocycles. The number of fused-ring (bicyclic) bond motifs is 2. The zero-order chi connectivity index (χ0) is 19.3. The summed E-state index contributed by atoms with van der Waals surface area (Å²) < 4.78 is 25.6. The van der Waals surface area contributed by atoms with E-state index >= 15 is 0 Å². The number of nitro groups is 1. The Labute approximate surface area is 157 Å². The second-order valence-corrected chi connectivity index (χ2v) is 6.27. The second kappa shape index (κ2) is 6.02. The van der Waals surface area contributed by atoms with Gasteiger partial charge >= 0.3 is 0 Å². The fraction of sp³-hybridized carbons (Fsp3) is 0. The van der Waals surface area contributed by atoms with Gasteiger partial charge in [0.1, 0.15) is 22.7 Å². The van der Waals surface area contributed by atoms with Crippen LogP contribution in [0.2, 0.25) is 0 Å². The van der Waals surface area contributed by atoms with E-state index in [1.165, 1.54) is 0 Å². The van der Waals surface area contributed by atoms with Crippen molar-refractivity contribution in [2.75, 3.05) is 0 Å². The molecule has 6 nitrogen and oxygen atoms in total. The van der Waals surface area contributed by atoms with Gasteiger partial charge in [-0.15, -0.1) is 0 Å². The minimum absolute atomic E-state index is 0.0158. The molecule has 2 heterocycles. The van der Waals surface area contributed by atoms with Crippen molar-refractivity contribution in [3.63, 3.8) is 0 Å². The molecule has 0 fully saturated rings. The first-order valence-electron chi connectivity index (χ1n) is 8.42. The third-order valence-corrected chi connectivity index (χ3v) is 4.49. The van der Waals surface area contributed by atoms with Crippen molar-refractivity contribution in [1.29, 1.82) is 0 Å². The molecule has 0 spiro atoms. The minimum Gasteiger partial charge on any atom is -0.456 e. The lowest BCUT2D eigenvalue weighted by Crippen LogP contribution is -1.91. The third kappa shape index (κ3) is 2.61. The number of rotatable bonds is 3. The van der Waals surface area contributed by atoms with Crippen LogP contribution in [-0.2, 0) is 0 Å². The van der Waals surface area contributed by atoms with E-state index < -0.39 is 10.7 Å². The number of non-ortho nitro benzene ring substituents is 1. The van der Waals surface area contributed by atoms with E-state index in [4.69, 9.17) is 8.83 Å². The number of furan rings is 1. The van der Waals surface area contributed by atoms with Gasteiger partial charge in [0.15, 0.2) is 5.58 Å². The highest BCUT2D eigenvalue weighted by atomic mass is 19.1. The Morgan fingerprint density at radius 3 is 2.61 bits per heavy atom. The van der Waals surface area contributed by atoms with Crippen molar-refractivity contribution in [2.24, 2.45) is 0 Å². The molecule has 0 aliphatic rings. The second-order valence-electron chi connectivity index (χ2n) is 6.27. The topological polar surface area (TPSA) is 82.3 Å². The van der Waals surface area contributed by atoms with Gasteiger partial charge < -0.3 is 8.83 Å². The predicted molar refractivity (Wildman–Crippen MR) is 101 cm³/mol. The predicted octanol–water partition coefficient (Wildman–Crippen LogP) is 5.96. The molecule has 0 unspecified atom stereocenters. The van der Waals surface area contributed by atoms with Crippen LogP contribution in [0, 0.1) is 15.9 Å². The van der Waals surface area contributed by atoms with Crippen LogP contribution < -0.4 is 0 Å². The van der Waals surface area contributed by atoms with Crippen molar-refractivity contribution in [2.45, 2.75) is 0 Å². The molecule has 28 heavy (non-hydrogen) atoms. The molecular formula is C21H11FN2O4. The molecule has 0 saturated heterocycles. The highest BCUT2D eigenvalue weighted by Gasteiger charge is 2.18.